The first-order chi connectivity index (χ1) is 9.09. The monoisotopic (exact) mass is 264 g/mol. The summed E-state index contributed by atoms with van der Waals surface area (Å²) in [5.41, 5.74) is 0.391. The van der Waals surface area contributed by atoms with Gasteiger partial charge in [0, 0.05) is 18.4 Å². The van der Waals surface area contributed by atoms with Crippen LogP contribution in [0.5, 0.6) is 0 Å². The van der Waals surface area contributed by atoms with Crippen molar-refractivity contribution in [3.05, 3.63) is 27.9 Å². The van der Waals surface area contributed by atoms with Gasteiger partial charge in [-0.3, -0.25) is 4.79 Å². The van der Waals surface area contributed by atoms with E-state index in [-0.39, 0.29) is 11.2 Å². The van der Waals surface area contributed by atoms with E-state index >= 15 is 0 Å². The molecule has 0 radical (unpaired) electrons. The van der Waals surface area contributed by atoms with Gasteiger partial charge in [0.25, 0.3) is 5.56 Å². The number of H-pyrrole nitrogens is 1. The third kappa shape index (κ3) is 3.06. The van der Waals surface area contributed by atoms with Crippen molar-refractivity contribution in [3.8, 4) is 0 Å². The summed E-state index contributed by atoms with van der Waals surface area (Å²) >= 11 is 0. The largest absolute Gasteiger partial charge is 0.367 e. The minimum Gasteiger partial charge on any atom is -0.367 e. The highest BCUT2D eigenvalue weighted by molar-refractivity contribution is 5.10. The van der Waals surface area contributed by atoms with Gasteiger partial charge in [-0.2, -0.15) is 0 Å². The second kappa shape index (κ2) is 5.87. The fourth-order valence-corrected chi connectivity index (χ4v) is 2.86. The Kier molecular flexibility index (Phi) is 4.40. The summed E-state index contributed by atoms with van der Waals surface area (Å²) in [6.07, 6.45) is 4.91. The van der Waals surface area contributed by atoms with Gasteiger partial charge in [-0.15, -0.1) is 0 Å². The van der Waals surface area contributed by atoms with Crippen molar-refractivity contribution in [2.75, 3.05) is 6.61 Å². The van der Waals surface area contributed by atoms with Gasteiger partial charge < -0.3 is 9.72 Å². The quantitative estimate of drug-likeness (QED) is 0.909. The molecule has 19 heavy (non-hydrogen) atoms. The third-order valence-corrected chi connectivity index (χ3v) is 4.09. The number of aromatic nitrogens is 2. The number of aromatic amines is 1. The first-order valence-electron chi connectivity index (χ1n) is 7.34. The normalized spacial score (nSPS) is 27.4. The molecule has 0 unspecified atom stereocenters. The first-order valence-corrected chi connectivity index (χ1v) is 7.34. The number of aryl methyl sites for hydroxylation is 1. The zero-order valence-electron chi connectivity index (χ0n) is 12.2. The average Bonchev–Trinajstić information content (AvgIpc) is 2.41. The van der Waals surface area contributed by atoms with E-state index < -0.39 is 0 Å². The third-order valence-electron chi connectivity index (χ3n) is 4.09. The Hall–Kier alpha value is -1.16. The summed E-state index contributed by atoms with van der Waals surface area (Å²) in [4.78, 5) is 19.3. The van der Waals surface area contributed by atoms with Crippen LogP contribution < -0.4 is 5.56 Å². The molecule has 1 aromatic rings. The van der Waals surface area contributed by atoms with Gasteiger partial charge in [0.05, 0.1) is 0 Å². The van der Waals surface area contributed by atoms with Crippen LogP contribution in [0.15, 0.2) is 10.9 Å². The minimum atomic E-state index is -0.383. The second-order valence-electron chi connectivity index (χ2n) is 5.55. The van der Waals surface area contributed by atoms with E-state index in [0.717, 1.165) is 49.5 Å². The van der Waals surface area contributed by atoms with E-state index in [0.29, 0.717) is 6.61 Å². The van der Waals surface area contributed by atoms with E-state index in [9.17, 15) is 4.79 Å². The topological polar surface area (TPSA) is 55.0 Å². The molecule has 0 spiro atoms. The van der Waals surface area contributed by atoms with Crippen LogP contribution in [-0.2, 0) is 16.8 Å². The van der Waals surface area contributed by atoms with Crippen LogP contribution in [0.3, 0.4) is 0 Å². The van der Waals surface area contributed by atoms with E-state index in [2.05, 4.69) is 16.9 Å². The van der Waals surface area contributed by atoms with Crippen LogP contribution in [-0.4, -0.2) is 16.6 Å². The van der Waals surface area contributed by atoms with Gasteiger partial charge in [0.15, 0.2) is 0 Å². The fourth-order valence-electron chi connectivity index (χ4n) is 2.86. The Morgan fingerprint density at radius 3 is 2.68 bits per heavy atom. The molecule has 1 fully saturated rings. The van der Waals surface area contributed by atoms with Crippen LogP contribution >= 0.6 is 0 Å². The number of hydrogen-bond acceptors (Lipinski definition) is 3. The number of nitrogens with one attached hydrogen (secondary N) is 1. The maximum absolute atomic E-state index is 11.8. The lowest BCUT2D eigenvalue weighted by molar-refractivity contribution is -0.0839. The summed E-state index contributed by atoms with van der Waals surface area (Å²) in [6.45, 7) is 6.94. The van der Waals surface area contributed by atoms with Crippen LogP contribution in [0.4, 0.5) is 0 Å². The summed E-state index contributed by atoms with van der Waals surface area (Å²) in [7, 11) is 0. The van der Waals surface area contributed by atoms with Crippen molar-refractivity contribution in [1.82, 2.24) is 9.97 Å². The predicted octanol–water partition coefficient (Wildman–Crippen LogP) is 2.77. The summed E-state index contributed by atoms with van der Waals surface area (Å²) in [6, 6.07) is 1.58. The molecule has 0 amide bonds. The molecule has 1 saturated carbocycles. The number of ether oxygens (including phenoxy) is 1. The van der Waals surface area contributed by atoms with Gasteiger partial charge in [-0.1, -0.05) is 13.8 Å². The Morgan fingerprint density at radius 1 is 1.42 bits per heavy atom. The highest BCUT2D eigenvalue weighted by atomic mass is 16.5. The van der Waals surface area contributed by atoms with E-state index in [1.807, 2.05) is 13.8 Å². The lowest BCUT2D eigenvalue weighted by Crippen LogP contribution is -2.38. The number of hydrogen-bond donors (Lipinski definition) is 1. The SMILES string of the molecule is CCOC1(c2nc(CC)cc(=O)[nH]2)CCC(C)CC1. The van der Waals surface area contributed by atoms with Crippen molar-refractivity contribution < 1.29 is 4.74 Å². The molecule has 1 aliphatic carbocycles. The van der Waals surface area contributed by atoms with E-state index in [4.69, 9.17) is 4.74 Å². The average molecular weight is 264 g/mol. The van der Waals surface area contributed by atoms with Gasteiger partial charge in [0.1, 0.15) is 11.4 Å². The highest BCUT2D eigenvalue weighted by Crippen LogP contribution is 2.40. The molecule has 0 saturated heterocycles. The molecule has 1 aliphatic rings. The summed E-state index contributed by atoms with van der Waals surface area (Å²) < 4.78 is 6.03. The van der Waals surface area contributed by atoms with Crippen molar-refractivity contribution in [2.24, 2.45) is 5.92 Å². The summed E-state index contributed by atoms with van der Waals surface area (Å²) in [5, 5.41) is 0. The van der Waals surface area contributed by atoms with Gasteiger partial charge >= 0.3 is 0 Å². The summed E-state index contributed by atoms with van der Waals surface area (Å²) in [5.74, 6) is 1.46. The molecule has 1 N–H and O–H groups in total. The molecule has 0 bridgehead atoms. The Morgan fingerprint density at radius 2 is 2.11 bits per heavy atom. The molecule has 4 heteroatoms. The van der Waals surface area contributed by atoms with Crippen molar-refractivity contribution >= 4 is 0 Å². The van der Waals surface area contributed by atoms with Gasteiger partial charge in [0.2, 0.25) is 0 Å². The van der Waals surface area contributed by atoms with Gasteiger partial charge in [-0.25, -0.2) is 4.98 Å². The maximum atomic E-state index is 11.8. The Bertz CT molecular complexity index is 473. The molecule has 0 aliphatic heterocycles. The molecule has 106 valence electrons. The lowest BCUT2D eigenvalue weighted by Gasteiger charge is -2.38. The van der Waals surface area contributed by atoms with Crippen molar-refractivity contribution in [1.29, 1.82) is 0 Å². The van der Waals surface area contributed by atoms with E-state index in [1.54, 1.807) is 6.07 Å². The van der Waals surface area contributed by atoms with Crippen molar-refractivity contribution in [2.45, 2.75) is 58.5 Å². The smallest absolute Gasteiger partial charge is 0.251 e. The standard InChI is InChI=1S/C15H24N2O2/c1-4-12-10-13(18)17-14(16-12)15(19-5-2)8-6-11(3)7-9-15/h10-11H,4-9H2,1-3H3,(H,16,17,18). The molecule has 1 aromatic heterocycles. The Labute approximate surface area is 114 Å². The van der Waals surface area contributed by atoms with E-state index in [1.165, 1.54) is 0 Å². The molecule has 1 heterocycles. The zero-order chi connectivity index (χ0) is 13.9. The predicted molar refractivity (Wildman–Crippen MR) is 75.2 cm³/mol. The molecular weight excluding hydrogens is 240 g/mol. The molecule has 0 aromatic carbocycles. The highest BCUT2D eigenvalue weighted by Gasteiger charge is 2.39. The van der Waals surface area contributed by atoms with Crippen LogP contribution in [0, 0.1) is 5.92 Å². The van der Waals surface area contributed by atoms with Crippen LogP contribution in [0.2, 0.25) is 0 Å². The van der Waals surface area contributed by atoms with Crippen molar-refractivity contribution in [3.63, 3.8) is 0 Å². The lowest BCUT2D eigenvalue weighted by atomic mass is 9.78. The minimum absolute atomic E-state index is 0.0699. The number of nitrogens with zero attached hydrogens (tertiary/aromatic N) is 1. The van der Waals surface area contributed by atoms with Crippen LogP contribution in [0.1, 0.15) is 58.0 Å². The molecule has 2 rings (SSSR count). The Balaban J connectivity index is 2.38. The molecular formula is C15H24N2O2. The van der Waals surface area contributed by atoms with Crippen LogP contribution in [0.25, 0.3) is 0 Å². The molecule has 0 atom stereocenters. The fraction of sp³-hybridized carbons (Fsp3) is 0.733. The molecule has 4 nitrogen and oxygen atoms in total. The maximum Gasteiger partial charge on any atom is 0.251 e. The zero-order valence-corrected chi connectivity index (χ0v) is 12.2. The first kappa shape index (κ1) is 14.3. The second-order valence-corrected chi connectivity index (χ2v) is 5.55. The van der Waals surface area contributed by atoms with Gasteiger partial charge in [-0.05, 0) is 44.9 Å². The number of rotatable bonds is 4.